The van der Waals surface area contributed by atoms with Crippen LogP contribution in [0.5, 0.6) is 6.01 Å². The Morgan fingerprint density at radius 1 is 1.16 bits per heavy atom. The molecule has 1 aromatic heterocycles. The molecule has 2 rings (SSSR count). The highest BCUT2D eigenvalue weighted by molar-refractivity contribution is 6.33. The molecule has 100 valence electrons. The van der Waals surface area contributed by atoms with Crippen molar-refractivity contribution in [3.05, 3.63) is 34.6 Å². The molecule has 0 saturated carbocycles. The Bertz CT molecular complexity index is 565. The SMILES string of the molecule is CCCOc1nc(Cl)nc(Nc2ccccc2Cl)n1. The predicted octanol–water partition coefficient (Wildman–Crippen LogP) is 3.71. The quantitative estimate of drug-likeness (QED) is 0.912. The average Bonchev–Trinajstić information content (AvgIpc) is 2.38. The van der Waals surface area contributed by atoms with Gasteiger partial charge in [0.15, 0.2) is 0 Å². The maximum absolute atomic E-state index is 6.04. The Balaban J connectivity index is 2.20. The normalized spacial score (nSPS) is 10.3. The van der Waals surface area contributed by atoms with Gasteiger partial charge in [0.25, 0.3) is 0 Å². The summed E-state index contributed by atoms with van der Waals surface area (Å²) in [5.74, 6) is 0.291. The minimum atomic E-state index is 0.0654. The summed E-state index contributed by atoms with van der Waals surface area (Å²) < 4.78 is 5.32. The van der Waals surface area contributed by atoms with Crippen molar-refractivity contribution in [2.24, 2.45) is 0 Å². The molecule has 2 aromatic rings. The van der Waals surface area contributed by atoms with Gasteiger partial charge in [-0.25, -0.2) is 0 Å². The van der Waals surface area contributed by atoms with Gasteiger partial charge in [0.1, 0.15) is 0 Å². The summed E-state index contributed by atoms with van der Waals surface area (Å²) in [4.78, 5) is 12.0. The number of nitrogens with one attached hydrogen (secondary N) is 1. The monoisotopic (exact) mass is 298 g/mol. The molecule has 0 bridgehead atoms. The summed E-state index contributed by atoms with van der Waals surface area (Å²) in [6, 6.07) is 7.46. The van der Waals surface area contributed by atoms with Crippen LogP contribution in [-0.2, 0) is 0 Å². The number of nitrogens with zero attached hydrogens (tertiary/aromatic N) is 3. The molecular weight excluding hydrogens is 287 g/mol. The van der Waals surface area contributed by atoms with Crippen LogP contribution in [0.4, 0.5) is 11.6 Å². The van der Waals surface area contributed by atoms with E-state index >= 15 is 0 Å². The lowest BCUT2D eigenvalue weighted by molar-refractivity contribution is 0.292. The van der Waals surface area contributed by atoms with Gasteiger partial charge in [0.05, 0.1) is 17.3 Å². The highest BCUT2D eigenvalue weighted by Crippen LogP contribution is 2.24. The van der Waals surface area contributed by atoms with Gasteiger partial charge in [-0.15, -0.1) is 0 Å². The molecule has 0 saturated heterocycles. The van der Waals surface area contributed by atoms with Crippen LogP contribution in [0.1, 0.15) is 13.3 Å². The van der Waals surface area contributed by atoms with Crippen molar-refractivity contribution in [3.8, 4) is 6.01 Å². The summed E-state index contributed by atoms with van der Waals surface area (Å²) in [6.07, 6.45) is 0.858. The van der Waals surface area contributed by atoms with Crippen LogP contribution < -0.4 is 10.1 Å². The molecule has 5 nitrogen and oxygen atoms in total. The van der Waals surface area contributed by atoms with E-state index in [4.69, 9.17) is 27.9 Å². The third kappa shape index (κ3) is 3.94. The topological polar surface area (TPSA) is 59.9 Å². The van der Waals surface area contributed by atoms with Crippen molar-refractivity contribution < 1.29 is 4.74 Å². The lowest BCUT2D eigenvalue weighted by Crippen LogP contribution is -2.05. The number of benzene rings is 1. The number of hydrogen-bond acceptors (Lipinski definition) is 5. The summed E-state index contributed by atoms with van der Waals surface area (Å²) >= 11 is 11.9. The predicted molar refractivity (Wildman–Crippen MR) is 75.4 cm³/mol. The van der Waals surface area contributed by atoms with E-state index in [1.165, 1.54) is 0 Å². The maximum Gasteiger partial charge on any atom is 0.322 e. The fourth-order valence-electron chi connectivity index (χ4n) is 1.33. The minimum absolute atomic E-state index is 0.0654. The van der Waals surface area contributed by atoms with Crippen molar-refractivity contribution in [2.45, 2.75) is 13.3 Å². The van der Waals surface area contributed by atoms with Crippen LogP contribution in [-0.4, -0.2) is 21.6 Å². The lowest BCUT2D eigenvalue weighted by Gasteiger charge is -2.08. The van der Waals surface area contributed by atoms with E-state index < -0.39 is 0 Å². The number of anilines is 2. The Morgan fingerprint density at radius 3 is 2.68 bits per heavy atom. The van der Waals surface area contributed by atoms with Crippen LogP contribution in [0.25, 0.3) is 0 Å². The molecule has 0 aliphatic heterocycles. The average molecular weight is 299 g/mol. The highest BCUT2D eigenvalue weighted by Gasteiger charge is 2.07. The zero-order valence-electron chi connectivity index (χ0n) is 10.2. The van der Waals surface area contributed by atoms with E-state index in [2.05, 4.69) is 20.3 Å². The van der Waals surface area contributed by atoms with E-state index in [0.717, 1.165) is 6.42 Å². The summed E-state index contributed by atoms with van der Waals surface area (Å²) in [7, 11) is 0. The minimum Gasteiger partial charge on any atom is -0.463 e. The zero-order chi connectivity index (χ0) is 13.7. The molecule has 0 amide bonds. The number of ether oxygens (including phenoxy) is 1. The number of rotatable bonds is 5. The van der Waals surface area contributed by atoms with E-state index in [0.29, 0.717) is 23.3 Å². The molecule has 19 heavy (non-hydrogen) atoms. The maximum atomic E-state index is 6.04. The fraction of sp³-hybridized carbons (Fsp3) is 0.250. The Morgan fingerprint density at radius 2 is 1.95 bits per heavy atom. The van der Waals surface area contributed by atoms with Gasteiger partial charge in [-0.05, 0) is 30.2 Å². The molecule has 0 aliphatic rings. The molecule has 0 aliphatic carbocycles. The number of halogens is 2. The van der Waals surface area contributed by atoms with Crippen molar-refractivity contribution in [2.75, 3.05) is 11.9 Å². The smallest absolute Gasteiger partial charge is 0.322 e. The van der Waals surface area contributed by atoms with Crippen molar-refractivity contribution in [1.29, 1.82) is 0 Å². The summed E-state index contributed by atoms with van der Waals surface area (Å²) in [5, 5.41) is 3.60. The number of aromatic nitrogens is 3. The van der Waals surface area contributed by atoms with Crippen LogP contribution in [0, 0.1) is 0 Å². The summed E-state index contributed by atoms with van der Waals surface area (Å²) in [5.41, 5.74) is 0.688. The third-order valence-corrected chi connectivity index (χ3v) is 2.64. The van der Waals surface area contributed by atoms with Crippen LogP contribution >= 0.6 is 23.2 Å². The Hall–Kier alpha value is -1.59. The molecule has 7 heteroatoms. The Labute approximate surface area is 121 Å². The first-order valence-corrected chi connectivity index (χ1v) is 6.50. The molecule has 1 aromatic carbocycles. The molecule has 0 spiro atoms. The van der Waals surface area contributed by atoms with Crippen molar-refractivity contribution in [1.82, 2.24) is 15.0 Å². The van der Waals surface area contributed by atoms with Gasteiger partial charge in [-0.1, -0.05) is 30.7 Å². The Kier molecular flexibility index (Phi) is 4.76. The van der Waals surface area contributed by atoms with Gasteiger partial charge in [0, 0.05) is 0 Å². The highest BCUT2D eigenvalue weighted by atomic mass is 35.5. The molecular formula is C12H12Cl2N4O. The largest absolute Gasteiger partial charge is 0.463 e. The first-order chi connectivity index (χ1) is 9.19. The van der Waals surface area contributed by atoms with Crippen LogP contribution in [0.3, 0.4) is 0 Å². The van der Waals surface area contributed by atoms with Gasteiger partial charge < -0.3 is 10.1 Å². The summed E-state index contributed by atoms with van der Waals surface area (Å²) in [6.45, 7) is 2.51. The second-order valence-electron chi connectivity index (χ2n) is 3.66. The first kappa shape index (κ1) is 13.8. The molecule has 0 fully saturated rings. The fourth-order valence-corrected chi connectivity index (χ4v) is 1.66. The van der Waals surface area contributed by atoms with E-state index in [1.54, 1.807) is 6.07 Å². The molecule has 1 N–H and O–H groups in total. The van der Waals surface area contributed by atoms with Crippen LogP contribution in [0.15, 0.2) is 24.3 Å². The molecule has 0 radical (unpaired) electrons. The number of para-hydroxylation sites is 1. The van der Waals surface area contributed by atoms with Gasteiger partial charge in [-0.2, -0.15) is 15.0 Å². The standard InChI is InChI=1S/C12H12Cl2N4O/c1-2-7-19-12-17-10(14)16-11(18-12)15-9-6-4-3-5-8(9)13/h3-6H,2,7H2,1H3,(H,15,16,17,18). The second-order valence-corrected chi connectivity index (χ2v) is 4.41. The van der Waals surface area contributed by atoms with Crippen LogP contribution in [0.2, 0.25) is 10.3 Å². The van der Waals surface area contributed by atoms with E-state index in [1.807, 2.05) is 25.1 Å². The van der Waals surface area contributed by atoms with Gasteiger partial charge in [-0.3, -0.25) is 0 Å². The lowest BCUT2D eigenvalue weighted by atomic mass is 10.3. The van der Waals surface area contributed by atoms with E-state index in [9.17, 15) is 0 Å². The molecule has 0 atom stereocenters. The first-order valence-electron chi connectivity index (χ1n) is 5.75. The second kappa shape index (κ2) is 6.54. The van der Waals surface area contributed by atoms with Crippen molar-refractivity contribution >= 4 is 34.8 Å². The zero-order valence-corrected chi connectivity index (χ0v) is 11.7. The van der Waals surface area contributed by atoms with Gasteiger partial charge in [0.2, 0.25) is 11.2 Å². The number of hydrogen-bond donors (Lipinski definition) is 1. The molecule has 0 unspecified atom stereocenters. The molecule has 1 heterocycles. The van der Waals surface area contributed by atoms with E-state index in [-0.39, 0.29) is 11.3 Å². The van der Waals surface area contributed by atoms with Crippen molar-refractivity contribution in [3.63, 3.8) is 0 Å². The third-order valence-electron chi connectivity index (χ3n) is 2.14. The van der Waals surface area contributed by atoms with Gasteiger partial charge >= 0.3 is 6.01 Å².